The van der Waals surface area contributed by atoms with Crippen LogP contribution in [0.15, 0.2) is 5.16 Å². The van der Waals surface area contributed by atoms with Gasteiger partial charge in [0.1, 0.15) is 5.82 Å². The molecule has 0 aliphatic rings. The van der Waals surface area contributed by atoms with Crippen LogP contribution in [-0.4, -0.2) is 20.9 Å². The van der Waals surface area contributed by atoms with Gasteiger partial charge in [0.25, 0.3) is 0 Å². The van der Waals surface area contributed by atoms with Crippen LogP contribution in [0.5, 0.6) is 0 Å². The Labute approximate surface area is 90.1 Å². The maximum absolute atomic E-state index is 4.40. The summed E-state index contributed by atoms with van der Waals surface area (Å²) < 4.78 is 0. The number of rotatable bonds is 6. The van der Waals surface area contributed by atoms with E-state index in [4.69, 9.17) is 0 Å². The van der Waals surface area contributed by atoms with Crippen LogP contribution in [0.25, 0.3) is 0 Å². The number of hydrogen-bond acceptors (Lipinski definition) is 3. The first-order valence-corrected chi connectivity index (χ1v) is 6.27. The van der Waals surface area contributed by atoms with Crippen molar-refractivity contribution in [2.24, 2.45) is 0 Å². The maximum Gasteiger partial charge on any atom is 0.208 e. The molecule has 80 valence electrons. The number of nitrogens with zero attached hydrogens (tertiary/aromatic N) is 2. The minimum absolute atomic E-state index is 0.437. The molecule has 1 aromatic heterocycles. The fraction of sp³-hybridized carbons (Fsp3) is 0.800. The van der Waals surface area contributed by atoms with Crippen LogP contribution in [0.3, 0.4) is 0 Å². The second-order valence-corrected chi connectivity index (χ2v) is 4.78. The lowest BCUT2D eigenvalue weighted by Gasteiger charge is -1.96. The molecule has 0 aliphatic heterocycles. The first-order chi connectivity index (χ1) is 6.74. The second-order valence-electron chi connectivity index (χ2n) is 3.71. The number of aromatic nitrogens is 3. The van der Waals surface area contributed by atoms with Crippen molar-refractivity contribution in [3.8, 4) is 0 Å². The Balaban J connectivity index is 2.29. The second kappa shape index (κ2) is 6.06. The zero-order valence-electron chi connectivity index (χ0n) is 9.21. The quantitative estimate of drug-likeness (QED) is 0.583. The van der Waals surface area contributed by atoms with E-state index in [1.54, 1.807) is 11.8 Å². The van der Waals surface area contributed by atoms with Crippen LogP contribution in [0.2, 0.25) is 0 Å². The molecule has 0 aromatic carbocycles. The van der Waals surface area contributed by atoms with Gasteiger partial charge in [-0.25, -0.2) is 4.98 Å². The molecule has 1 N–H and O–H groups in total. The van der Waals surface area contributed by atoms with Gasteiger partial charge in [0.15, 0.2) is 0 Å². The molecule has 0 bridgehead atoms. The topological polar surface area (TPSA) is 41.6 Å². The molecule has 3 nitrogen and oxygen atoms in total. The highest BCUT2D eigenvalue weighted by molar-refractivity contribution is 7.99. The van der Waals surface area contributed by atoms with E-state index in [1.165, 1.54) is 19.3 Å². The lowest BCUT2D eigenvalue weighted by molar-refractivity contribution is 0.776. The largest absolute Gasteiger partial charge is 0.262 e. The molecule has 0 atom stereocenters. The van der Waals surface area contributed by atoms with E-state index in [0.29, 0.717) is 5.92 Å². The molecule has 0 fully saturated rings. The standard InChI is InChI=1S/C10H19N3S/c1-4-5-6-7-14-10-11-9(8(2)3)12-13-10/h8H,4-7H2,1-3H3,(H,11,12,13). The monoisotopic (exact) mass is 213 g/mol. The van der Waals surface area contributed by atoms with Gasteiger partial charge in [0, 0.05) is 11.7 Å². The molecule has 0 amide bonds. The molecule has 14 heavy (non-hydrogen) atoms. The summed E-state index contributed by atoms with van der Waals surface area (Å²) in [6.07, 6.45) is 3.83. The highest BCUT2D eigenvalue weighted by Crippen LogP contribution is 2.17. The Morgan fingerprint density at radius 2 is 2.14 bits per heavy atom. The van der Waals surface area contributed by atoms with E-state index in [9.17, 15) is 0 Å². The van der Waals surface area contributed by atoms with Crippen molar-refractivity contribution < 1.29 is 0 Å². The van der Waals surface area contributed by atoms with E-state index < -0.39 is 0 Å². The minimum Gasteiger partial charge on any atom is -0.262 e. The summed E-state index contributed by atoms with van der Waals surface area (Å²) in [6, 6.07) is 0. The maximum atomic E-state index is 4.40. The van der Waals surface area contributed by atoms with Gasteiger partial charge in [0.05, 0.1) is 0 Å². The van der Waals surface area contributed by atoms with E-state index in [2.05, 4.69) is 36.0 Å². The molecule has 0 saturated heterocycles. The first kappa shape index (κ1) is 11.6. The van der Waals surface area contributed by atoms with Crippen LogP contribution in [0.1, 0.15) is 51.8 Å². The third kappa shape index (κ3) is 3.70. The first-order valence-electron chi connectivity index (χ1n) is 5.29. The van der Waals surface area contributed by atoms with Crippen LogP contribution in [0, 0.1) is 0 Å². The summed E-state index contributed by atoms with van der Waals surface area (Å²) in [7, 11) is 0. The zero-order valence-corrected chi connectivity index (χ0v) is 10.0. The lowest BCUT2D eigenvalue weighted by atomic mass is 10.2. The van der Waals surface area contributed by atoms with E-state index in [1.807, 2.05) is 0 Å². The van der Waals surface area contributed by atoms with Gasteiger partial charge in [-0.15, -0.1) is 5.10 Å². The van der Waals surface area contributed by atoms with Crippen molar-refractivity contribution in [3.05, 3.63) is 5.82 Å². The van der Waals surface area contributed by atoms with Crippen LogP contribution in [-0.2, 0) is 0 Å². The van der Waals surface area contributed by atoms with Gasteiger partial charge >= 0.3 is 0 Å². The van der Waals surface area contributed by atoms with Gasteiger partial charge in [-0.1, -0.05) is 45.4 Å². The van der Waals surface area contributed by atoms with Crippen molar-refractivity contribution in [2.75, 3.05) is 5.75 Å². The summed E-state index contributed by atoms with van der Waals surface area (Å²) >= 11 is 1.75. The lowest BCUT2D eigenvalue weighted by Crippen LogP contribution is -1.89. The molecule has 0 unspecified atom stereocenters. The van der Waals surface area contributed by atoms with Gasteiger partial charge in [0.2, 0.25) is 5.16 Å². The molecule has 0 aliphatic carbocycles. The third-order valence-electron chi connectivity index (χ3n) is 2.01. The molecule has 0 spiro atoms. The predicted molar refractivity (Wildman–Crippen MR) is 60.7 cm³/mol. The van der Waals surface area contributed by atoms with E-state index in [-0.39, 0.29) is 0 Å². The van der Waals surface area contributed by atoms with Crippen LogP contribution in [0.4, 0.5) is 0 Å². The summed E-state index contributed by atoms with van der Waals surface area (Å²) in [4.78, 5) is 4.40. The minimum atomic E-state index is 0.437. The molecular weight excluding hydrogens is 194 g/mol. The predicted octanol–water partition coefficient (Wildman–Crippen LogP) is 3.21. The number of H-pyrrole nitrogens is 1. The number of nitrogens with one attached hydrogen (secondary N) is 1. The summed E-state index contributed by atoms with van der Waals surface area (Å²) in [6.45, 7) is 6.45. The zero-order chi connectivity index (χ0) is 10.4. The van der Waals surface area contributed by atoms with Crippen molar-refractivity contribution in [1.29, 1.82) is 0 Å². The highest BCUT2D eigenvalue weighted by Gasteiger charge is 2.06. The average Bonchev–Trinajstić information content (AvgIpc) is 2.61. The summed E-state index contributed by atoms with van der Waals surface area (Å²) in [5, 5.41) is 8.02. The molecular formula is C10H19N3S. The van der Waals surface area contributed by atoms with Crippen molar-refractivity contribution in [1.82, 2.24) is 15.2 Å². The number of thioether (sulfide) groups is 1. The Hall–Kier alpha value is -0.510. The van der Waals surface area contributed by atoms with E-state index in [0.717, 1.165) is 16.7 Å². The van der Waals surface area contributed by atoms with Crippen molar-refractivity contribution in [2.45, 2.75) is 51.1 Å². The molecule has 0 radical (unpaired) electrons. The van der Waals surface area contributed by atoms with Gasteiger partial charge < -0.3 is 0 Å². The number of aromatic amines is 1. The molecule has 1 heterocycles. The highest BCUT2D eigenvalue weighted by atomic mass is 32.2. The van der Waals surface area contributed by atoms with Gasteiger partial charge in [-0.05, 0) is 6.42 Å². The molecule has 0 saturated carbocycles. The Morgan fingerprint density at radius 3 is 2.71 bits per heavy atom. The Bertz CT molecular complexity index is 258. The fourth-order valence-corrected chi connectivity index (χ4v) is 1.90. The Kier molecular flexibility index (Phi) is 5.01. The Morgan fingerprint density at radius 1 is 1.36 bits per heavy atom. The smallest absolute Gasteiger partial charge is 0.208 e. The van der Waals surface area contributed by atoms with Crippen molar-refractivity contribution in [3.63, 3.8) is 0 Å². The van der Waals surface area contributed by atoms with Crippen LogP contribution >= 0.6 is 11.8 Å². The number of hydrogen-bond donors (Lipinski definition) is 1. The number of unbranched alkanes of at least 4 members (excludes halogenated alkanes) is 2. The normalized spacial score (nSPS) is 11.1. The SMILES string of the molecule is CCCCCSc1n[nH]c(C(C)C)n1. The van der Waals surface area contributed by atoms with Gasteiger partial charge in [-0.3, -0.25) is 5.10 Å². The molecule has 4 heteroatoms. The average molecular weight is 213 g/mol. The van der Waals surface area contributed by atoms with Crippen molar-refractivity contribution >= 4 is 11.8 Å². The third-order valence-corrected chi connectivity index (χ3v) is 2.94. The summed E-state index contributed by atoms with van der Waals surface area (Å²) in [5.74, 6) is 2.55. The van der Waals surface area contributed by atoms with Gasteiger partial charge in [-0.2, -0.15) is 0 Å². The summed E-state index contributed by atoms with van der Waals surface area (Å²) in [5.41, 5.74) is 0. The molecule has 1 rings (SSSR count). The van der Waals surface area contributed by atoms with E-state index >= 15 is 0 Å². The molecule has 1 aromatic rings. The van der Waals surface area contributed by atoms with Crippen LogP contribution < -0.4 is 0 Å². The fourth-order valence-electron chi connectivity index (χ4n) is 1.10.